The van der Waals surface area contributed by atoms with Gasteiger partial charge in [-0.25, -0.2) is 0 Å². The largest absolute Gasteiger partial charge is 0.312 e. The van der Waals surface area contributed by atoms with E-state index in [9.17, 15) is 4.79 Å². The summed E-state index contributed by atoms with van der Waals surface area (Å²) in [6.45, 7) is 3.81. The Kier molecular flexibility index (Phi) is 4.68. The smallest absolute Gasteiger partial charge is 0.256 e. The van der Waals surface area contributed by atoms with Crippen LogP contribution in [0.1, 0.15) is 26.4 Å². The molecule has 1 aromatic carbocycles. The molecule has 0 aliphatic carbocycles. The molecule has 0 spiro atoms. The van der Waals surface area contributed by atoms with Gasteiger partial charge in [-0.15, -0.1) is 11.3 Å². The van der Waals surface area contributed by atoms with E-state index in [-0.39, 0.29) is 5.91 Å². The van der Waals surface area contributed by atoms with E-state index in [0.717, 1.165) is 14.0 Å². The lowest BCUT2D eigenvalue weighted by Crippen LogP contribution is -2.11. The average Bonchev–Trinajstić information content (AvgIpc) is 2.67. The molecule has 0 aliphatic rings. The summed E-state index contributed by atoms with van der Waals surface area (Å²) in [5.74, 6) is -0.263. The summed E-state index contributed by atoms with van der Waals surface area (Å²) in [6, 6.07) is 7.25. The summed E-state index contributed by atoms with van der Waals surface area (Å²) in [5.41, 5.74) is 1.91. The first-order valence-electron chi connectivity index (χ1n) is 5.70. The van der Waals surface area contributed by atoms with E-state index in [0.29, 0.717) is 21.2 Å². The van der Waals surface area contributed by atoms with Gasteiger partial charge in [0.1, 0.15) is 11.1 Å². The summed E-state index contributed by atoms with van der Waals surface area (Å²) in [4.78, 5) is 13.2. The predicted octanol–water partition coefficient (Wildman–Crippen LogP) is 4.75. The van der Waals surface area contributed by atoms with Crippen molar-refractivity contribution < 1.29 is 4.79 Å². The number of nitriles is 1. The Hall–Kier alpha value is -1.10. The van der Waals surface area contributed by atoms with Gasteiger partial charge in [-0.05, 0) is 60.2 Å². The van der Waals surface area contributed by atoms with E-state index in [1.54, 1.807) is 18.2 Å². The Labute approximate surface area is 139 Å². The topological polar surface area (TPSA) is 52.9 Å². The van der Waals surface area contributed by atoms with Crippen LogP contribution in [-0.4, -0.2) is 5.91 Å². The molecule has 20 heavy (non-hydrogen) atoms. The molecule has 0 aliphatic heterocycles. The van der Waals surface area contributed by atoms with Gasteiger partial charge in [0.05, 0.1) is 10.6 Å². The minimum Gasteiger partial charge on any atom is -0.312 e. The molecule has 0 unspecified atom stereocenters. The number of hydrogen-bond donors (Lipinski definition) is 1. The highest BCUT2D eigenvalue weighted by molar-refractivity contribution is 14.1. The van der Waals surface area contributed by atoms with Gasteiger partial charge < -0.3 is 5.32 Å². The molecule has 1 N–H and O–H groups in total. The van der Waals surface area contributed by atoms with Crippen molar-refractivity contribution >= 4 is 56.4 Å². The molecular weight excluding hydrogens is 407 g/mol. The Morgan fingerprint density at radius 3 is 2.75 bits per heavy atom. The molecule has 0 saturated carbocycles. The van der Waals surface area contributed by atoms with E-state index in [1.807, 2.05) is 13.8 Å². The van der Waals surface area contributed by atoms with Crippen molar-refractivity contribution in [2.24, 2.45) is 0 Å². The summed E-state index contributed by atoms with van der Waals surface area (Å²) >= 11 is 9.52. The lowest BCUT2D eigenvalue weighted by molar-refractivity contribution is 0.102. The number of nitrogens with zero attached hydrogens (tertiary/aromatic N) is 1. The van der Waals surface area contributed by atoms with Crippen LogP contribution < -0.4 is 5.32 Å². The molecule has 3 nitrogen and oxygen atoms in total. The highest BCUT2D eigenvalue weighted by Gasteiger charge is 2.16. The molecule has 102 valence electrons. The number of aryl methyl sites for hydroxylation is 1. The average molecular weight is 417 g/mol. The lowest BCUT2D eigenvalue weighted by Gasteiger charge is -2.05. The van der Waals surface area contributed by atoms with Crippen molar-refractivity contribution in [1.82, 2.24) is 0 Å². The van der Waals surface area contributed by atoms with Gasteiger partial charge in [-0.2, -0.15) is 5.26 Å². The second kappa shape index (κ2) is 6.12. The van der Waals surface area contributed by atoms with Gasteiger partial charge in [0.2, 0.25) is 0 Å². The number of rotatable bonds is 2. The number of benzene rings is 1. The van der Waals surface area contributed by atoms with Crippen LogP contribution in [-0.2, 0) is 0 Å². The van der Waals surface area contributed by atoms with Crippen LogP contribution in [0.25, 0.3) is 0 Å². The molecule has 2 aromatic rings. The van der Waals surface area contributed by atoms with Crippen molar-refractivity contribution in [2.45, 2.75) is 13.8 Å². The standard InChI is InChI=1S/C14H10ClIN2OS/c1-7-8(2)20-14(10(7)6-17)18-13(19)9-3-4-12(16)11(15)5-9/h3-5H,1-2H3,(H,18,19). The van der Waals surface area contributed by atoms with Gasteiger partial charge in [-0.1, -0.05) is 11.6 Å². The normalized spacial score (nSPS) is 10.2. The van der Waals surface area contributed by atoms with Gasteiger partial charge >= 0.3 is 0 Å². The molecule has 1 heterocycles. The van der Waals surface area contributed by atoms with Gasteiger partial charge in [0, 0.05) is 14.0 Å². The predicted molar refractivity (Wildman–Crippen MR) is 90.6 cm³/mol. The van der Waals surface area contributed by atoms with Crippen LogP contribution in [0, 0.1) is 28.7 Å². The number of halogens is 2. The Balaban J connectivity index is 2.30. The molecule has 1 aromatic heterocycles. The lowest BCUT2D eigenvalue weighted by atomic mass is 10.2. The molecular formula is C14H10ClIN2OS. The monoisotopic (exact) mass is 416 g/mol. The fourth-order valence-electron chi connectivity index (χ4n) is 1.66. The summed E-state index contributed by atoms with van der Waals surface area (Å²) in [6.07, 6.45) is 0. The first-order chi connectivity index (χ1) is 9.43. The number of hydrogen-bond acceptors (Lipinski definition) is 3. The van der Waals surface area contributed by atoms with Crippen LogP contribution in [0.3, 0.4) is 0 Å². The number of carbonyl (C=O) groups is 1. The molecule has 6 heteroatoms. The maximum atomic E-state index is 12.2. The van der Waals surface area contributed by atoms with Crippen LogP contribution >= 0.6 is 45.5 Å². The second-order valence-electron chi connectivity index (χ2n) is 4.18. The second-order valence-corrected chi connectivity index (χ2v) is 6.98. The zero-order valence-electron chi connectivity index (χ0n) is 10.8. The molecule has 0 radical (unpaired) electrons. The minimum atomic E-state index is -0.263. The van der Waals surface area contributed by atoms with Crippen molar-refractivity contribution in [2.75, 3.05) is 5.32 Å². The Morgan fingerprint density at radius 2 is 2.15 bits per heavy atom. The fourth-order valence-corrected chi connectivity index (χ4v) is 3.18. The maximum Gasteiger partial charge on any atom is 0.256 e. The number of nitrogens with one attached hydrogen (secondary N) is 1. The summed E-state index contributed by atoms with van der Waals surface area (Å²) in [7, 11) is 0. The Bertz CT molecular complexity index is 734. The number of anilines is 1. The third-order valence-electron chi connectivity index (χ3n) is 2.91. The van der Waals surface area contributed by atoms with E-state index in [2.05, 4.69) is 34.0 Å². The third kappa shape index (κ3) is 2.97. The molecule has 0 saturated heterocycles. The minimum absolute atomic E-state index is 0.263. The molecule has 0 bridgehead atoms. The molecule has 1 amide bonds. The van der Waals surface area contributed by atoms with Crippen LogP contribution in [0.5, 0.6) is 0 Å². The van der Waals surface area contributed by atoms with E-state index in [4.69, 9.17) is 16.9 Å². The first kappa shape index (κ1) is 15.3. The van der Waals surface area contributed by atoms with E-state index in [1.165, 1.54) is 11.3 Å². The zero-order chi connectivity index (χ0) is 14.9. The number of amides is 1. The summed E-state index contributed by atoms with van der Waals surface area (Å²) in [5, 5.41) is 13.1. The maximum absolute atomic E-state index is 12.2. The highest BCUT2D eigenvalue weighted by Crippen LogP contribution is 2.32. The zero-order valence-corrected chi connectivity index (χ0v) is 14.5. The van der Waals surface area contributed by atoms with Gasteiger partial charge in [0.25, 0.3) is 5.91 Å². The quantitative estimate of drug-likeness (QED) is 0.719. The number of carbonyl (C=O) groups excluding carboxylic acids is 1. The SMILES string of the molecule is Cc1sc(NC(=O)c2ccc(I)c(Cl)c2)c(C#N)c1C. The fraction of sp³-hybridized carbons (Fsp3) is 0.143. The highest BCUT2D eigenvalue weighted by atomic mass is 127. The molecule has 0 atom stereocenters. The van der Waals surface area contributed by atoms with E-state index < -0.39 is 0 Å². The van der Waals surface area contributed by atoms with Crippen LogP contribution in [0.4, 0.5) is 5.00 Å². The van der Waals surface area contributed by atoms with E-state index >= 15 is 0 Å². The first-order valence-corrected chi connectivity index (χ1v) is 7.98. The third-order valence-corrected chi connectivity index (χ3v) is 5.60. The van der Waals surface area contributed by atoms with Crippen molar-refractivity contribution in [1.29, 1.82) is 5.26 Å². The number of thiophene rings is 1. The molecule has 0 fully saturated rings. The van der Waals surface area contributed by atoms with Gasteiger partial charge in [0.15, 0.2) is 0 Å². The van der Waals surface area contributed by atoms with Crippen LogP contribution in [0.15, 0.2) is 18.2 Å². The van der Waals surface area contributed by atoms with Crippen molar-refractivity contribution in [3.8, 4) is 6.07 Å². The Morgan fingerprint density at radius 1 is 1.45 bits per heavy atom. The summed E-state index contributed by atoms with van der Waals surface area (Å²) < 4.78 is 0.890. The van der Waals surface area contributed by atoms with Gasteiger partial charge in [-0.3, -0.25) is 4.79 Å². The van der Waals surface area contributed by atoms with Crippen molar-refractivity contribution in [3.63, 3.8) is 0 Å². The van der Waals surface area contributed by atoms with Crippen LogP contribution in [0.2, 0.25) is 5.02 Å². The molecule has 2 rings (SSSR count). The van der Waals surface area contributed by atoms with Crippen molar-refractivity contribution in [3.05, 3.63) is 48.4 Å².